The summed E-state index contributed by atoms with van der Waals surface area (Å²) in [6.07, 6.45) is 0. The Bertz CT molecular complexity index is 1150. The van der Waals surface area contributed by atoms with Crippen molar-refractivity contribution in [2.45, 2.75) is 13.5 Å². The molecule has 0 spiro atoms. The number of rotatable bonds is 5. The van der Waals surface area contributed by atoms with Gasteiger partial charge in [0, 0.05) is 23.2 Å². The van der Waals surface area contributed by atoms with E-state index >= 15 is 0 Å². The van der Waals surface area contributed by atoms with Gasteiger partial charge in [-0.25, -0.2) is 0 Å². The lowest BCUT2D eigenvalue weighted by atomic mass is 9.98. The van der Waals surface area contributed by atoms with Crippen LogP contribution >= 0.6 is 0 Å². The molecule has 0 unspecified atom stereocenters. The van der Waals surface area contributed by atoms with Crippen LogP contribution < -0.4 is 10.1 Å². The number of carbonyl (C=O) groups is 1. The van der Waals surface area contributed by atoms with E-state index in [2.05, 4.69) is 17.4 Å². The maximum atomic E-state index is 13.0. The molecule has 4 heteroatoms. The van der Waals surface area contributed by atoms with E-state index in [0.717, 1.165) is 39.0 Å². The van der Waals surface area contributed by atoms with Gasteiger partial charge in [-0.2, -0.15) is 0 Å². The number of nitrogens with zero attached hydrogens (tertiary/aromatic N) is 1. The van der Waals surface area contributed by atoms with E-state index in [1.165, 1.54) is 0 Å². The molecule has 1 N–H and O–H groups in total. The maximum Gasteiger partial charge on any atom is 0.252 e. The third-order valence-corrected chi connectivity index (χ3v) is 4.91. The summed E-state index contributed by atoms with van der Waals surface area (Å²) in [5, 5.41) is 3.87. The Labute approximate surface area is 170 Å². The fraction of sp³-hybridized carbons (Fsp3) is 0.120. The molecule has 0 saturated carbocycles. The summed E-state index contributed by atoms with van der Waals surface area (Å²) in [5.74, 6) is 0.686. The fourth-order valence-corrected chi connectivity index (χ4v) is 3.44. The van der Waals surface area contributed by atoms with Crippen molar-refractivity contribution in [1.29, 1.82) is 0 Å². The molecule has 0 radical (unpaired) electrons. The van der Waals surface area contributed by atoms with Crippen LogP contribution in [0.5, 0.6) is 5.75 Å². The van der Waals surface area contributed by atoms with Gasteiger partial charge in [-0.3, -0.25) is 9.78 Å². The Hall–Kier alpha value is -3.66. The Morgan fingerprint density at radius 3 is 2.45 bits per heavy atom. The number of hydrogen-bond donors (Lipinski definition) is 1. The number of methoxy groups -OCH3 is 1. The highest BCUT2D eigenvalue weighted by molar-refractivity contribution is 6.09. The van der Waals surface area contributed by atoms with E-state index < -0.39 is 0 Å². The summed E-state index contributed by atoms with van der Waals surface area (Å²) in [5.41, 5.74) is 5.42. The molecule has 4 aromatic rings. The van der Waals surface area contributed by atoms with Crippen molar-refractivity contribution in [2.24, 2.45) is 0 Å². The van der Waals surface area contributed by atoms with Crippen molar-refractivity contribution in [3.05, 3.63) is 95.7 Å². The predicted octanol–water partition coefficient (Wildman–Crippen LogP) is 5.15. The first-order valence-corrected chi connectivity index (χ1v) is 9.52. The highest BCUT2D eigenvalue weighted by atomic mass is 16.5. The lowest BCUT2D eigenvalue weighted by molar-refractivity contribution is 0.0952. The highest BCUT2D eigenvalue weighted by Gasteiger charge is 2.14. The molecule has 4 rings (SSSR count). The second-order valence-corrected chi connectivity index (χ2v) is 6.91. The summed E-state index contributed by atoms with van der Waals surface area (Å²) in [4.78, 5) is 17.7. The normalized spacial score (nSPS) is 10.7. The number of hydrogen-bond acceptors (Lipinski definition) is 3. The molecule has 144 valence electrons. The van der Waals surface area contributed by atoms with E-state index in [4.69, 9.17) is 9.72 Å². The minimum Gasteiger partial charge on any atom is -0.497 e. The third kappa shape index (κ3) is 3.97. The van der Waals surface area contributed by atoms with Crippen LogP contribution in [-0.2, 0) is 6.54 Å². The van der Waals surface area contributed by atoms with Gasteiger partial charge in [0.05, 0.1) is 18.2 Å². The number of aromatic nitrogens is 1. The maximum absolute atomic E-state index is 13.0. The predicted molar refractivity (Wildman–Crippen MR) is 116 cm³/mol. The van der Waals surface area contributed by atoms with Crippen molar-refractivity contribution >= 4 is 16.8 Å². The molecule has 0 aliphatic carbocycles. The lowest BCUT2D eigenvalue weighted by Gasteiger charge is -2.12. The first kappa shape index (κ1) is 18.7. The van der Waals surface area contributed by atoms with Gasteiger partial charge < -0.3 is 10.1 Å². The number of benzene rings is 3. The molecule has 1 aromatic heterocycles. The van der Waals surface area contributed by atoms with Gasteiger partial charge in [-0.1, -0.05) is 60.7 Å². The monoisotopic (exact) mass is 382 g/mol. The van der Waals surface area contributed by atoms with E-state index in [1.807, 2.05) is 73.7 Å². The number of aryl methyl sites for hydroxylation is 1. The first-order chi connectivity index (χ1) is 14.2. The molecule has 3 aromatic carbocycles. The van der Waals surface area contributed by atoms with Crippen LogP contribution in [0, 0.1) is 6.92 Å². The van der Waals surface area contributed by atoms with Gasteiger partial charge in [-0.15, -0.1) is 0 Å². The number of amides is 1. The van der Waals surface area contributed by atoms with Crippen LogP contribution in [0.3, 0.4) is 0 Å². The van der Waals surface area contributed by atoms with E-state index in [9.17, 15) is 4.79 Å². The Morgan fingerprint density at radius 2 is 1.72 bits per heavy atom. The molecule has 1 heterocycles. The Kier molecular flexibility index (Phi) is 5.25. The summed E-state index contributed by atoms with van der Waals surface area (Å²) >= 11 is 0. The van der Waals surface area contributed by atoms with Gasteiger partial charge >= 0.3 is 0 Å². The second-order valence-electron chi connectivity index (χ2n) is 6.91. The molecule has 29 heavy (non-hydrogen) atoms. The number of fused-ring (bicyclic) bond motifs is 1. The molecular weight excluding hydrogens is 360 g/mol. The van der Waals surface area contributed by atoms with Gasteiger partial charge in [0.15, 0.2) is 0 Å². The number of nitrogens with one attached hydrogen (secondary N) is 1. The van der Waals surface area contributed by atoms with Gasteiger partial charge in [0.25, 0.3) is 5.91 Å². The first-order valence-electron chi connectivity index (χ1n) is 9.52. The molecule has 0 aliphatic rings. The zero-order chi connectivity index (χ0) is 20.2. The second kappa shape index (κ2) is 8.15. The van der Waals surface area contributed by atoms with Crippen molar-refractivity contribution in [2.75, 3.05) is 7.11 Å². The zero-order valence-electron chi connectivity index (χ0n) is 16.5. The average molecular weight is 382 g/mol. The number of carbonyl (C=O) groups excluding carboxylic acids is 1. The van der Waals surface area contributed by atoms with E-state index in [0.29, 0.717) is 12.1 Å². The van der Waals surface area contributed by atoms with Crippen LogP contribution in [0.15, 0.2) is 78.9 Å². The lowest BCUT2D eigenvalue weighted by Crippen LogP contribution is -2.23. The number of para-hydroxylation sites is 1. The molecule has 1 amide bonds. The molecule has 0 atom stereocenters. The SMILES string of the molecule is COc1ccc(CNC(=O)c2cc(C)nc3c(-c4ccccc4)cccc23)cc1. The Balaban J connectivity index is 1.67. The van der Waals surface area contributed by atoms with Crippen molar-refractivity contribution < 1.29 is 9.53 Å². The van der Waals surface area contributed by atoms with Crippen molar-refractivity contribution in [3.63, 3.8) is 0 Å². The van der Waals surface area contributed by atoms with Gasteiger partial charge in [0.2, 0.25) is 0 Å². The van der Waals surface area contributed by atoms with Crippen LogP contribution in [-0.4, -0.2) is 18.0 Å². The smallest absolute Gasteiger partial charge is 0.252 e. The zero-order valence-corrected chi connectivity index (χ0v) is 16.5. The third-order valence-electron chi connectivity index (χ3n) is 4.91. The number of ether oxygens (including phenoxy) is 1. The summed E-state index contributed by atoms with van der Waals surface area (Å²) in [6.45, 7) is 2.37. The van der Waals surface area contributed by atoms with E-state index in [1.54, 1.807) is 7.11 Å². The minimum absolute atomic E-state index is 0.110. The largest absolute Gasteiger partial charge is 0.497 e. The molecule has 0 fully saturated rings. The molecule has 0 bridgehead atoms. The molecule has 4 nitrogen and oxygen atoms in total. The van der Waals surface area contributed by atoms with E-state index in [-0.39, 0.29) is 5.91 Å². The van der Waals surface area contributed by atoms with Gasteiger partial charge in [-0.05, 0) is 36.2 Å². The average Bonchev–Trinajstić information content (AvgIpc) is 2.77. The summed E-state index contributed by atoms with van der Waals surface area (Å²) < 4.78 is 5.18. The Morgan fingerprint density at radius 1 is 0.966 bits per heavy atom. The summed E-state index contributed by atoms with van der Waals surface area (Å²) in [6, 6.07) is 25.6. The van der Waals surface area contributed by atoms with Crippen LogP contribution in [0.4, 0.5) is 0 Å². The standard InChI is InChI=1S/C25H22N2O2/c1-17-15-23(25(28)26-16-18-11-13-20(29-2)14-12-18)22-10-6-9-21(24(22)27-17)19-7-4-3-5-8-19/h3-15H,16H2,1-2H3,(H,26,28). The highest BCUT2D eigenvalue weighted by Crippen LogP contribution is 2.29. The molecule has 0 saturated heterocycles. The van der Waals surface area contributed by atoms with Crippen LogP contribution in [0.2, 0.25) is 0 Å². The quantitative estimate of drug-likeness (QED) is 0.519. The topological polar surface area (TPSA) is 51.2 Å². The minimum atomic E-state index is -0.110. The van der Waals surface area contributed by atoms with Gasteiger partial charge in [0.1, 0.15) is 5.75 Å². The molecular formula is C25H22N2O2. The fourth-order valence-electron chi connectivity index (χ4n) is 3.44. The van der Waals surface area contributed by atoms with Crippen LogP contribution in [0.25, 0.3) is 22.0 Å². The van der Waals surface area contributed by atoms with Crippen LogP contribution in [0.1, 0.15) is 21.6 Å². The van der Waals surface area contributed by atoms with Crippen molar-refractivity contribution in [1.82, 2.24) is 10.3 Å². The van der Waals surface area contributed by atoms with Crippen molar-refractivity contribution in [3.8, 4) is 16.9 Å². The number of pyridine rings is 1. The molecule has 0 aliphatic heterocycles. The summed E-state index contributed by atoms with van der Waals surface area (Å²) in [7, 11) is 1.64.